The average Bonchev–Trinajstić information content (AvgIpc) is 2.73. The summed E-state index contributed by atoms with van der Waals surface area (Å²) in [6.45, 7) is 3.27. The number of carboxylic acids is 1. The molecule has 0 aliphatic rings. The molecule has 192 valence electrons. The summed E-state index contributed by atoms with van der Waals surface area (Å²) in [6, 6.07) is -5.06. The molecule has 33 heavy (non-hydrogen) atoms. The summed E-state index contributed by atoms with van der Waals surface area (Å²) >= 11 is 0. The van der Waals surface area contributed by atoms with Crippen molar-refractivity contribution in [1.82, 2.24) is 16.0 Å². The van der Waals surface area contributed by atoms with Gasteiger partial charge in [0.05, 0.1) is 18.2 Å². The van der Waals surface area contributed by atoms with Crippen LogP contribution < -0.4 is 33.2 Å². The highest BCUT2D eigenvalue weighted by Crippen LogP contribution is 2.06. The van der Waals surface area contributed by atoms with E-state index in [0.29, 0.717) is 45.2 Å². The number of amides is 3. The molecular formula is C20H40N6O7. The second kappa shape index (κ2) is 16.3. The summed E-state index contributed by atoms with van der Waals surface area (Å²) < 4.78 is 0. The number of nitrogens with two attached hydrogens (primary N) is 3. The van der Waals surface area contributed by atoms with Crippen LogP contribution in [0.25, 0.3) is 0 Å². The van der Waals surface area contributed by atoms with Crippen LogP contribution in [-0.2, 0) is 19.2 Å². The molecule has 12 N–H and O–H groups in total. The van der Waals surface area contributed by atoms with Gasteiger partial charge in [-0.15, -0.1) is 0 Å². The van der Waals surface area contributed by atoms with E-state index in [4.69, 9.17) is 22.3 Å². The fourth-order valence-corrected chi connectivity index (χ4v) is 2.97. The lowest BCUT2D eigenvalue weighted by molar-refractivity contribution is -0.146. The maximum absolute atomic E-state index is 12.9. The zero-order valence-electron chi connectivity index (χ0n) is 19.3. The first-order valence-electron chi connectivity index (χ1n) is 11.1. The van der Waals surface area contributed by atoms with Crippen molar-refractivity contribution in [1.29, 1.82) is 0 Å². The Balaban J connectivity index is 5.34. The average molecular weight is 477 g/mol. The molecule has 0 saturated heterocycles. The normalized spacial score (nSPS) is 16.6. The predicted molar refractivity (Wildman–Crippen MR) is 121 cm³/mol. The second-order valence-corrected chi connectivity index (χ2v) is 8.03. The molecule has 0 spiro atoms. The molecule has 0 heterocycles. The van der Waals surface area contributed by atoms with Gasteiger partial charge in [-0.2, -0.15) is 0 Å². The zero-order chi connectivity index (χ0) is 25.6. The Hall–Kier alpha value is -2.32. The molecule has 0 bridgehead atoms. The zero-order valence-corrected chi connectivity index (χ0v) is 19.3. The second-order valence-electron chi connectivity index (χ2n) is 8.03. The van der Waals surface area contributed by atoms with Crippen LogP contribution >= 0.6 is 0 Å². The van der Waals surface area contributed by atoms with Crippen molar-refractivity contribution < 1.29 is 34.5 Å². The summed E-state index contributed by atoms with van der Waals surface area (Å²) in [4.78, 5) is 49.0. The molecule has 13 nitrogen and oxygen atoms in total. The molecule has 0 aliphatic carbocycles. The number of hydrogen-bond donors (Lipinski definition) is 9. The third-order valence-corrected chi connectivity index (χ3v) is 4.99. The Morgan fingerprint density at radius 3 is 1.67 bits per heavy atom. The van der Waals surface area contributed by atoms with E-state index in [1.807, 2.05) is 0 Å². The number of carbonyl (C=O) groups excluding carboxylic acids is 3. The van der Waals surface area contributed by atoms with Crippen LogP contribution in [0.2, 0.25) is 0 Å². The molecule has 13 heteroatoms. The number of carboxylic acid groups (broad SMARTS) is 1. The van der Waals surface area contributed by atoms with Crippen LogP contribution in [0.3, 0.4) is 0 Å². The summed E-state index contributed by atoms with van der Waals surface area (Å²) in [5, 5.41) is 35.7. The Labute approximate surface area is 193 Å². The van der Waals surface area contributed by atoms with Gasteiger partial charge in [0, 0.05) is 0 Å². The van der Waals surface area contributed by atoms with Crippen LogP contribution in [-0.4, -0.2) is 88.5 Å². The monoisotopic (exact) mass is 476 g/mol. The lowest BCUT2D eigenvalue weighted by Gasteiger charge is -2.27. The van der Waals surface area contributed by atoms with Gasteiger partial charge in [0.2, 0.25) is 17.7 Å². The number of carbonyl (C=O) groups is 4. The lowest BCUT2D eigenvalue weighted by atomic mass is 10.0. The molecule has 0 aromatic heterocycles. The van der Waals surface area contributed by atoms with Gasteiger partial charge in [-0.25, -0.2) is 4.79 Å². The Bertz CT molecular complexity index is 632. The number of aliphatic hydroxyl groups is 2. The van der Waals surface area contributed by atoms with E-state index in [-0.39, 0.29) is 6.42 Å². The fraction of sp³-hybridized carbons (Fsp3) is 0.800. The summed E-state index contributed by atoms with van der Waals surface area (Å²) in [5.41, 5.74) is 16.8. The van der Waals surface area contributed by atoms with Crippen molar-refractivity contribution in [2.75, 3.05) is 13.1 Å². The SMILES string of the molecule is CC(O)C(NC(=O)C(NC(=O)C(CCCCN)NC(=O)C(N)CCCCN)C(C)O)C(=O)O. The van der Waals surface area contributed by atoms with Gasteiger partial charge in [-0.05, 0) is 59.0 Å². The number of aliphatic hydroxyl groups excluding tert-OH is 2. The largest absolute Gasteiger partial charge is 0.480 e. The van der Waals surface area contributed by atoms with Crippen LogP contribution in [0, 0.1) is 0 Å². The lowest BCUT2D eigenvalue weighted by Crippen LogP contribution is -2.60. The van der Waals surface area contributed by atoms with Gasteiger partial charge in [-0.3, -0.25) is 14.4 Å². The molecule has 0 radical (unpaired) electrons. The van der Waals surface area contributed by atoms with Gasteiger partial charge in [0.15, 0.2) is 6.04 Å². The minimum Gasteiger partial charge on any atom is -0.480 e. The highest BCUT2D eigenvalue weighted by atomic mass is 16.4. The topological polar surface area (TPSA) is 243 Å². The fourth-order valence-electron chi connectivity index (χ4n) is 2.97. The third-order valence-electron chi connectivity index (χ3n) is 4.99. The van der Waals surface area contributed by atoms with Crippen LogP contribution in [0.5, 0.6) is 0 Å². The number of hydrogen-bond acceptors (Lipinski definition) is 9. The molecule has 3 amide bonds. The van der Waals surface area contributed by atoms with E-state index in [1.165, 1.54) is 13.8 Å². The molecule has 0 fully saturated rings. The van der Waals surface area contributed by atoms with Crippen molar-refractivity contribution in [3.05, 3.63) is 0 Å². The van der Waals surface area contributed by atoms with Crippen molar-refractivity contribution in [3.8, 4) is 0 Å². The Morgan fingerprint density at radius 2 is 1.21 bits per heavy atom. The molecule has 6 unspecified atom stereocenters. The molecule has 0 rings (SSSR count). The smallest absolute Gasteiger partial charge is 0.328 e. The van der Waals surface area contributed by atoms with Gasteiger partial charge in [-0.1, -0.05) is 6.42 Å². The highest BCUT2D eigenvalue weighted by Gasteiger charge is 2.33. The summed E-state index contributed by atoms with van der Waals surface area (Å²) in [7, 11) is 0. The minimum absolute atomic E-state index is 0.212. The van der Waals surface area contributed by atoms with E-state index in [1.54, 1.807) is 0 Å². The number of unbranched alkanes of at least 4 members (excludes halogenated alkanes) is 2. The highest BCUT2D eigenvalue weighted by molar-refractivity contribution is 5.94. The van der Waals surface area contributed by atoms with E-state index in [0.717, 1.165) is 0 Å². The first-order chi connectivity index (χ1) is 15.5. The van der Waals surface area contributed by atoms with Crippen molar-refractivity contribution >= 4 is 23.7 Å². The number of rotatable bonds is 17. The van der Waals surface area contributed by atoms with E-state index in [9.17, 15) is 29.4 Å². The number of nitrogens with one attached hydrogen (secondary N) is 3. The van der Waals surface area contributed by atoms with Crippen LogP contribution in [0.1, 0.15) is 52.4 Å². The molecular weight excluding hydrogens is 436 g/mol. The molecule has 0 aromatic rings. The first-order valence-corrected chi connectivity index (χ1v) is 11.1. The van der Waals surface area contributed by atoms with Gasteiger partial charge < -0.3 is 48.5 Å². The Morgan fingerprint density at radius 1 is 0.727 bits per heavy atom. The maximum Gasteiger partial charge on any atom is 0.328 e. The predicted octanol–water partition coefficient (Wildman–Crippen LogP) is -3.13. The summed E-state index contributed by atoms with van der Waals surface area (Å²) in [6.07, 6.45) is 0.239. The molecule has 0 aromatic carbocycles. The minimum atomic E-state index is -1.64. The van der Waals surface area contributed by atoms with Crippen LogP contribution in [0.4, 0.5) is 0 Å². The van der Waals surface area contributed by atoms with Crippen molar-refractivity contribution in [2.24, 2.45) is 17.2 Å². The molecule has 0 saturated carbocycles. The van der Waals surface area contributed by atoms with E-state index in [2.05, 4.69) is 16.0 Å². The third kappa shape index (κ3) is 11.9. The maximum atomic E-state index is 12.9. The van der Waals surface area contributed by atoms with Crippen molar-refractivity contribution in [3.63, 3.8) is 0 Å². The van der Waals surface area contributed by atoms with Gasteiger partial charge in [0.1, 0.15) is 12.1 Å². The summed E-state index contributed by atoms with van der Waals surface area (Å²) in [5.74, 6) is -3.78. The Kier molecular flexibility index (Phi) is 15.2. The van der Waals surface area contributed by atoms with E-state index < -0.39 is 60.1 Å². The first kappa shape index (κ1) is 30.7. The molecule has 0 aliphatic heterocycles. The standard InChI is InChI=1S/C20H40N6O7/c1-11(27)15(19(31)26-16(12(2)28)20(32)33)25-18(30)14(8-4-6-10-22)24-17(29)13(23)7-3-5-9-21/h11-16,27-28H,3-10,21-23H2,1-2H3,(H,24,29)(H,25,30)(H,26,31)(H,32,33). The van der Waals surface area contributed by atoms with E-state index >= 15 is 0 Å². The van der Waals surface area contributed by atoms with Crippen LogP contribution in [0.15, 0.2) is 0 Å². The quantitative estimate of drug-likeness (QED) is 0.0955. The van der Waals surface area contributed by atoms with Gasteiger partial charge >= 0.3 is 5.97 Å². The number of aliphatic carboxylic acids is 1. The van der Waals surface area contributed by atoms with Crippen molar-refractivity contribution in [2.45, 2.75) is 88.7 Å². The molecule has 6 atom stereocenters. The van der Waals surface area contributed by atoms with Gasteiger partial charge in [0.25, 0.3) is 0 Å².